The third-order valence-electron chi connectivity index (χ3n) is 2.51. The lowest BCUT2D eigenvalue weighted by molar-refractivity contribution is -0.158. The van der Waals surface area contributed by atoms with Crippen LogP contribution in [0.3, 0.4) is 0 Å². The standard InChI is InChI=1S/C9H16F2N2O/c1-13(4-2-3-12)8(14)7-5-9(10,11)6-7/h7H,2-6,12H2,1H3. The van der Waals surface area contributed by atoms with Crippen LogP contribution in [-0.2, 0) is 4.79 Å². The number of carbonyl (C=O) groups excluding carboxylic acids is 1. The van der Waals surface area contributed by atoms with Crippen LogP contribution in [0.1, 0.15) is 19.3 Å². The second-order valence-corrected chi connectivity index (χ2v) is 3.86. The maximum Gasteiger partial charge on any atom is 0.249 e. The first-order valence-electron chi connectivity index (χ1n) is 4.79. The highest BCUT2D eigenvalue weighted by atomic mass is 19.3. The Morgan fingerprint density at radius 1 is 1.57 bits per heavy atom. The molecular weight excluding hydrogens is 190 g/mol. The number of rotatable bonds is 4. The van der Waals surface area contributed by atoms with Crippen LogP contribution in [0.2, 0.25) is 0 Å². The van der Waals surface area contributed by atoms with E-state index in [1.165, 1.54) is 4.90 Å². The smallest absolute Gasteiger partial charge is 0.249 e. The lowest BCUT2D eigenvalue weighted by Gasteiger charge is -2.36. The molecule has 1 aliphatic carbocycles. The van der Waals surface area contributed by atoms with Crippen LogP contribution < -0.4 is 5.73 Å². The summed E-state index contributed by atoms with van der Waals surface area (Å²) < 4.78 is 24.9. The van der Waals surface area contributed by atoms with Crippen molar-refractivity contribution in [3.05, 3.63) is 0 Å². The van der Waals surface area contributed by atoms with Gasteiger partial charge >= 0.3 is 0 Å². The van der Waals surface area contributed by atoms with E-state index in [0.29, 0.717) is 19.5 Å². The maximum absolute atomic E-state index is 12.5. The average Bonchev–Trinajstić information content (AvgIpc) is 2.08. The first-order valence-corrected chi connectivity index (χ1v) is 4.79. The fourth-order valence-corrected chi connectivity index (χ4v) is 1.59. The van der Waals surface area contributed by atoms with E-state index in [0.717, 1.165) is 0 Å². The highest BCUT2D eigenvalue weighted by molar-refractivity contribution is 5.79. The quantitative estimate of drug-likeness (QED) is 0.740. The van der Waals surface area contributed by atoms with E-state index in [1.54, 1.807) is 7.05 Å². The average molecular weight is 206 g/mol. The molecule has 2 N–H and O–H groups in total. The molecule has 5 heteroatoms. The van der Waals surface area contributed by atoms with Gasteiger partial charge in [-0.15, -0.1) is 0 Å². The van der Waals surface area contributed by atoms with Crippen molar-refractivity contribution in [2.45, 2.75) is 25.2 Å². The molecule has 1 fully saturated rings. The van der Waals surface area contributed by atoms with Gasteiger partial charge in [0.2, 0.25) is 11.8 Å². The fourth-order valence-electron chi connectivity index (χ4n) is 1.59. The Balaban J connectivity index is 2.29. The third-order valence-corrected chi connectivity index (χ3v) is 2.51. The molecule has 1 aliphatic rings. The van der Waals surface area contributed by atoms with Gasteiger partial charge in [0.15, 0.2) is 0 Å². The minimum Gasteiger partial charge on any atom is -0.345 e. The SMILES string of the molecule is CN(CCCN)C(=O)C1CC(F)(F)C1. The molecule has 0 aromatic heterocycles. The van der Waals surface area contributed by atoms with Crippen molar-refractivity contribution in [1.29, 1.82) is 0 Å². The summed E-state index contributed by atoms with van der Waals surface area (Å²) in [5.74, 6) is -3.27. The normalized spacial score (nSPS) is 20.3. The summed E-state index contributed by atoms with van der Waals surface area (Å²) in [4.78, 5) is 13.0. The molecule has 0 unspecified atom stereocenters. The molecule has 0 aromatic carbocycles. The highest BCUT2D eigenvalue weighted by Crippen LogP contribution is 2.42. The van der Waals surface area contributed by atoms with Crippen molar-refractivity contribution in [3.8, 4) is 0 Å². The van der Waals surface area contributed by atoms with E-state index >= 15 is 0 Å². The maximum atomic E-state index is 12.5. The Morgan fingerprint density at radius 2 is 2.14 bits per heavy atom. The summed E-state index contributed by atoms with van der Waals surface area (Å²) in [7, 11) is 1.63. The topological polar surface area (TPSA) is 46.3 Å². The molecule has 1 saturated carbocycles. The zero-order valence-electron chi connectivity index (χ0n) is 8.30. The van der Waals surface area contributed by atoms with Gasteiger partial charge in [-0.3, -0.25) is 4.79 Å². The largest absolute Gasteiger partial charge is 0.345 e. The number of halogens is 2. The zero-order valence-corrected chi connectivity index (χ0v) is 8.30. The van der Waals surface area contributed by atoms with Gasteiger partial charge < -0.3 is 10.6 Å². The second-order valence-electron chi connectivity index (χ2n) is 3.86. The molecule has 1 amide bonds. The lowest BCUT2D eigenvalue weighted by atomic mass is 9.80. The summed E-state index contributed by atoms with van der Waals surface area (Å²) in [5.41, 5.74) is 5.28. The predicted molar refractivity (Wildman–Crippen MR) is 49.0 cm³/mol. The van der Waals surface area contributed by atoms with Crippen LogP contribution in [0.5, 0.6) is 0 Å². The number of nitrogens with two attached hydrogens (primary N) is 1. The van der Waals surface area contributed by atoms with Gasteiger partial charge in [0.1, 0.15) is 0 Å². The van der Waals surface area contributed by atoms with Gasteiger partial charge in [0.25, 0.3) is 0 Å². The molecule has 0 spiro atoms. The lowest BCUT2D eigenvalue weighted by Crippen LogP contribution is -2.46. The van der Waals surface area contributed by atoms with Crippen molar-refractivity contribution in [2.24, 2.45) is 11.7 Å². The van der Waals surface area contributed by atoms with Gasteiger partial charge in [-0.05, 0) is 13.0 Å². The number of carbonyl (C=O) groups is 1. The van der Waals surface area contributed by atoms with Crippen LogP contribution in [0, 0.1) is 5.92 Å². The molecule has 0 bridgehead atoms. The Labute approximate surface area is 82.2 Å². The first-order chi connectivity index (χ1) is 6.46. The van der Waals surface area contributed by atoms with Gasteiger partial charge in [0, 0.05) is 32.4 Å². The highest BCUT2D eigenvalue weighted by Gasteiger charge is 2.49. The summed E-state index contributed by atoms with van der Waals surface area (Å²) in [5, 5.41) is 0. The monoisotopic (exact) mass is 206 g/mol. The molecule has 0 saturated heterocycles. The predicted octanol–water partition coefficient (Wildman–Crippen LogP) is 0.839. The number of alkyl halides is 2. The number of amides is 1. The molecule has 3 nitrogen and oxygen atoms in total. The molecule has 82 valence electrons. The van der Waals surface area contributed by atoms with Gasteiger partial charge in [-0.25, -0.2) is 8.78 Å². The summed E-state index contributed by atoms with van der Waals surface area (Å²) in [6.07, 6.45) is 0.128. The van der Waals surface area contributed by atoms with E-state index in [4.69, 9.17) is 5.73 Å². The van der Waals surface area contributed by atoms with Crippen LogP contribution in [-0.4, -0.2) is 36.9 Å². The van der Waals surface area contributed by atoms with Crippen LogP contribution in [0.4, 0.5) is 8.78 Å². The zero-order chi connectivity index (χ0) is 10.8. The summed E-state index contributed by atoms with van der Waals surface area (Å²) in [6.45, 7) is 1.07. The Bertz CT molecular complexity index is 213. The molecule has 0 atom stereocenters. The Kier molecular flexibility index (Phi) is 3.42. The molecule has 0 aliphatic heterocycles. The van der Waals surface area contributed by atoms with Crippen LogP contribution in [0.25, 0.3) is 0 Å². The van der Waals surface area contributed by atoms with Gasteiger partial charge in [-0.1, -0.05) is 0 Å². The van der Waals surface area contributed by atoms with Crippen molar-refractivity contribution in [3.63, 3.8) is 0 Å². The minimum atomic E-state index is -2.62. The third kappa shape index (κ3) is 2.64. The number of hydrogen-bond acceptors (Lipinski definition) is 2. The Hall–Kier alpha value is -0.710. The number of hydrogen-bond donors (Lipinski definition) is 1. The first kappa shape index (κ1) is 11.4. The van der Waals surface area contributed by atoms with E-state index < -0.39 is 11.8 Å². The number of nitrogens with zero attached hydrogens (tertiary/aromatic N) is 1. The van der Waals surface area contributed by atoms with Crippen molar-refractivity contribution >= 4 is 5.91 Å². The van der Waals surface area contributed by atoms with Crippen molar-refractivity contribution < 1.29 is 13.6 Å². The molecular formula is C9H16F2N2O. The summed E-state index contributed by atoms with van der Waals surface area (Å²) >= 11 is 0. The van der Waals surface area contributed by atoms with Crippen LogP contribution >= 0.6 is 0 Å². The van der Waals surface area contributed by atoms with Crippen molar-refractivity contribution in [2.75, 3.05) is 20.1 Å². The Morgan fingerprint density at radius 3 is 2.57 bits per heavy atom. The summed E-state index contributed by atoms with van der Waals surface area (Å²) in [6, 6.07) is 0. The minimum absolute atomic E-state index is 0.177. The van der Waals surface area contributed by atoms with Crippen molar-refractivity contribution in [1.82, 2.24) is 4.90 Å². The fraction of sp³-hybridized carbons (Fsp3) is 0.889. The van der Waals surface area contributed by atoms with Gasteiger partial charge in [-0.2, -0.15) is 0 Å². The van der Waals surface area contributed by atoms with E-state index in [9.17, 15) is 13.6 Å². The van der Waals surface area contributed by atoms with Crippen LogP contribution in [0.15, 0.2) is 0 Å². The molecule has 0 heterocycles. The van der Waals surface area contributed by atoms with E-state index in [2.05, 4.69) is 0 Å². The van der Waals surface area contributed by atoms with E-state index in [1.807, 2.05) is 0 Å². The van der Waals surface area contributed by atoms with Gasteiger partial charge in [0.05, 0.1) is 0 Å². The molecule has 0 aromatic rings. The van der Waals surface area contributed by atoms with E-state index in [-0.39, 0.29) is 18.7 Å². The molecule has 0 radical (unpaired) electrons. The molecule has 1 rings (SSSR count). The molecule has 14 heavy (non-hydrogen) atoms. The second kappa shape index (κ2) is 4.21.